The topological polar surface area (TPSA) is 81.4 Å². The number of methoxy groups -OCH3 is 1. The van der Waals surface area contributed by atoms with Crippen molar-refractivity contribution in [3.63, 3.8) is 0 Å². The SMILES string of the molecule is COc1ccc(Br)c(NS(=O)(=O)c2c(C)csc2CN)c1. The van der Waals surface area contributed by atoms with Crippen LogP contribution in [0.3, 0.4) is 0 Å². The van der Waals surface area contributed by atoms with E-state index in [1.807, 2.05) is 0 Å². The molecule has 8 heteroatoms. The van der Waals surface area contributed by atoms with Crippen molar-refractivity contribution in [1.82, 2.24) is 0 Å². The molecule has 0 aliphatic carbocycles. The fourth-order valence-electron chi connectivity index (χ4n) is 1.89. The minimum absolute atomic E-state index is 0.189. The third-order valence-corrected chi connectivity index (χ3v) is 6.40. The number of aryl methyl sites for hydroxylation is 1. The Morgan fingerprint density at radius 1 is 1.43 bits per heavy atom. The van der Waals surface area contributed by atoms with Gasteiger partial charge in [-0.05, 0) is 45.9 Å². The van der Waals surface area contributed by atoms with E-state index in [0.717, 1.165) is 0 Å². The molecule has 21 heavy (non-hydrogen) atoms. The van der Waals surface area contributed by atoms with E-state index in [0.29, 0.717) is 26.4 Å². The number of anilines is 1. The fraction of sp³-hybridized carbons (Fsp3) is 0.231. The normalized spacial score (nSPS) is 11.4. The molecule has 0 amide bonds. The molecule has 1 heterocycles. The van der Waals surface area contributed by atoms with Crippen LogP contribution in [-0.2, 0) is 16.6 Å². The Bertz CT molecular complexity index is 757. The molecular weight excluding hydrogens is 376 g/mol. The highest BCUT2D eigenvalue weighted by molar-refractivity contribution is 9.10. The zero-order valence-corrected chi connectivity index (χ0v) is 14.7. The third kappa shape index (κ3) is 3.39. The highest BCUT2D eigenvalue weighted by Gasteiger charge is 2.23. The minimum Gasteiger partial charge on any atom is -0.497 e. The summed E-state index contributed by atoms with van der Waals surface area (Å²) in [6.45, 7) is 1.94. The predicted octanol–water partition coefficient (Wildman–Crippen LogP) is 3.09. The Balaban J connectivity index is 2.44. The summed E-state index contributed by atoms with van der Waals surface area (Å²) in [6.07, 6.45) is 0. The fourth-order valence-corrected chi connectivity index (χ4v) is 5.15. The number of hydrogen-bond acceptors (Lipinski definition) is 5. The molecule has 1 aromatic carbocycles. The van der Waals surface area contributed by atoms with E-state index in [4.69, 9.17) is 10.5 Å². The first kappa shape index (κ1) is 16.3. The smallest absolute Gasteiger partial charge is 0.263 e. The number of ether oxygens (including phenoxy) is 1. The standard InChI is InChI=1S/C13H15BrN2O3S2/c1-8-7-20-12(6-15)13(8)21(17,18)16-11-5-9(19-2)3-4-10(11)14/h3-5,7,16H,6,15H2,1-2H3. The molecule has 0 radical (unpaired) electrons. The van der Waals surface area contributed by atoms with Crippen LogP contribution in [0.5, 0.6) is 5.75 Å². The number of halogens is 1. The molecule has 114 valence electrons. The van der Waals surface area contributed by atoms with Gasteiger partial charge in [0.1, 0.15) is 10.6 Å². The molecule has 2 rings (SSSR count). The maximum atomic E-state index is 12.6. The first-order chi connectivity index (χ1) is 9.89. The summed E-state index contributed by atoms with van der Waals surface area (Å²) in [7, 11) is -2.17. The Morgan fingerprint density at radius 2 is 2.14 bits per heavy atom. The van der Waals surface area contributed by atoms with E-state index in [9.17, 15) is 8.42 Å². The number of hydrogen-bond donors (Lipinski definition) is 2. The van der Waals surface area contributed by atoms with Crippen molar-refractivity contribution in [2.24, 2.45) is 5.73 Å². The van der Waals surface area contributed by atoms with E-state index in [1.165, 1.54) is 18.4 Å². The molecule has 0 saturated heterocycles. The van der Waals surface area contributed by atoms with Gasteiger partial charge in [0.05, 0.1) is 12.8 Å². The first-order valence-corrected chi connectivity index (χ1v) is 9.18. The molecule has 0 saturated carbocycles. The predicted molar refractivity (Wildman–Crippen MR) is 88.4 cm³/mol. The van der Waals surface area contributed by atoms with Crippen LogP contribution in [0.25, 0.3) is 0 Å². The van der Waals surface area contributed by atoms with Crippen molar-refractivity contribution in [1.29, 1.82) is 0 Å². The number of nitrogens with two attached hydrogens (primary N) is 1. The summed E-state index contributed by atoms with van der Waals surface area (Å²) in [5, 5.41) is 1.79. The highest BCUT2D eigenvalue weighted by Crippen LogP contribution is 2.32. The molecule has 0 spiro atoms. The van der Waals surface area contributed by atoms with Gasteiger partial charge in [-0.15, -0.1) is 11.3 Å². The summed E-state index contributed by atoms with van der Waals surface area (Å²) in [5.74, 6) is 0.567. The Morgan fingerprint density at radius 3 is 2.76 bits per heavy atom. The molecule has 1 aromatic heterocycles. The molecule has 0 aliphatic rings. The van der Waals surface area contributed by atoms with Gasteiger partial charge in [0.25, 0.3) is 10.0 Å². The third-order valence-electron chi connectivity index (χ3n) is 2.86. The van der Waals surface area contributed by atoms with Gasteiger partial charge in [0.2, 0.25) is 0 Å². The van der Waals surface area contributed by atoms with Crippen LogP contribution in [0, 0.1) is 6.92 Å². The van der Waals surface area contributed by atoms with Crippen molar-refractivity contribution < 1.29 is 13.2 Å². The summed E-state index contributed by atoms with van der Waals surface area (Å²) < 4.78 is 33.5. The summed E-state index contributed by atoms with van der Waals surface area (Å²) in [4.78, 5) is 0.892. The second kappa shape index (κ2) is 6.35. The quantitative estimate of drug-likeness (QED) is 0.821. The Labute approximate surface area is 136 Å². The molecule has 3 N–H and O–H groups in total. The number of benzene rings is 1. The van der Waals surface area contributed by atoms with Gasteiger partial charge in [-0.2, -0.15) is 0 Å². The van der Waals surface area contributed by atoms with Crippen LogP contribution in [0.1, 0.15) is 10.4 Å². The molecular formula is C13H15BrN2O3S2. The van der Waals surface area contributed by atoms with Gasteiger partial charge < -0.3 is 10.5 Å². The van der Waals surface area contributed by atoms with Crippen molar-refractivity contribution in [3.8, 4) is 5.75 Å². The molecule has 5 nitrogen and oxygen atoms in total. The van der Waals surface area contributed by atoms with Gasteiger partial charge in [-0.1, -0.05) is 0 Å². The van der Waals surface area contributed by atoms with E-state index < -0.39 is 10.0 Å². The van der Waals surface area contributed by atoms with Crippen LogP contribution >= 0.6 is 27.3 Å². The van der Waals surface area contributed by atoms with Crippen LogP contribution in [0.15, 0.2) is 32.9 Å². The van der Waals surface area contributed by atoms with Gasteiger partial charge in [0.15, 0.2) is 0 Å². The average molecular weight is 391 g/mol. The van der Waals surface area contributed by atoms with E-state index in [-0.39, 0.29) is 11.4 Å². The number of thiophene rings is 1. The molecule has 0 aliphatic heterocycles. The van der Waals surface area contributed by atoms with Crippen LogP contribution in [0.2, 0.25) is 0 Å². The second-order valence-electron chi connectivity index (χ2n) is 4.33. The van der Waals surface area contributed by atoms with Crippen LogP contribution in [0.4, 0.5) is 5.69 Å². The van der Waals surface area contributed by atoms with Crippen molar-refractivity contribution in [3.05, 3.63) is 38.5 Å². The van der Waals surface area contributed by atoms with Crippen molar-refractivity contribution in [2.45, 2.75) is 18.4 Å². The lowest BCUT2D eigenvalue weighted by molar-refractivity contribution is 0.415. The zero-order valence-electron chi connectivity index (χ0n) is 11.5. The molecule has 0 unspecified atom stereocenters. The Hall–Kier alpha value is -1.09. The number of rotatable bonds is 5. The lowest BCUT2D eigenvalue weighted by Gasteiger charge is -2.12. The highest BCUT2D eigenvalue weighted by atomic mass is 79.9. The van der Waals surface area contributed by atoms with Gasteiger partial charge in [-0.3, -0.25) is 4.72 Å². The second-order valence-corrected chi connectivity index (χ2v) is 7.76. The molecule has 0 fully saturated rings. The van der Waals surface area contributed by atoms with Gasteiger partial charge in [-0.25, -0.2) is 8.42 Å². The van der Waals surface area contributed by atoms with Crippen LogP contribution in [-0.4, -0.2) is 15.5 Å². The van der Waals surface area contributed by atoms with Gasteiger partial charge >= 0.3 is 0 Å². The lowest BCUT2D eigenvalue weighted by atomic mass is 10.3. The maximum Gasteiger partial charge on any atom is 0.263 e. The van der Waals surface area contributed by atoms with E-state index >= 15 is 0 Å². The molecule has 0 bridgehead atoms. The van der Waals surface area contributed by atoms with E-state index in [1.54, 1.807) is 30.5 Å². The minimum atomic E-state index is -3.70. The summed E-state index contributed by atoms with van der Waals surface area (Å²) in [6, 6.07) is 5.08. The zero-order chi connectivity index (χ0) is 15.6. The summed E-state index contributed by atoms with van der Waals surface area (Å²) in [5.41, 5.74) is 6.72. The first-order valence-electron chi connectivity index (χ1n) is 6.02. The Kier molecular flexibility index (Phi) is 4.92. The monoisotopic (exact) mass is 390 g/mol. The van der Waals surface area contributed by atoms with Crippen molar-refractivity contribution in [2.75, 3.05) is 11.8 Å². The average Bonchev–Trinajstić information content (AvgIpc) is 2.83. The summed E-state index contributed by atoms with van der Waals surface area (Å²) >= 11 is 4.67. The van der Waals surface area contributed by atoms with E-state index in [2.05, 4.69) is 20.7 Å². The largest absolute Gasteiger partial charge is 0.497 e. The molecule has 2 aromatic rings. The van der Waals surface area contributed by atoms with Gasteiger partial charge in [0, 0.05) is 22.0 Å². The number of sulfonamides is 1. The van der Waals surface area contributed by atoms with Crippen LogP contribution < -0.4 is 15.2 Å². The maximum absolute atomic E-state index is 12.6. The van der Waals surface area contributed by atoms with Crippen molar-refractivity contribution >= 4 is 43.0 Å². The molecule has 0 atom stereocenters. The lowest BCUT2D eigenvalue weighted by Crippen LogP contribution is -2.16. The number of nitrogens with one attached hydrogen (secondary N) is 1.